The van der Waals surface area contributed by atoms with Gasteiger partial charge in [0.1, 0.15) is 5.41 Å². The van der Waals surface area contributed by atoms with Crippen molar-refractivity contribution in [1.29, 1.82) is 0 Å². The van der Waals surface area contributed by atoms with Crippen molar-refractivity contribution in [2.45, 2.75) is 91.8 Å². The van der Waals surface area contributed by atoms with Crippen LogP contribution in [-0.4, -0.2) is 31.6 Å². The summed E-state index contributed by atoms with van der Waals surface area (Å²) in [6.45, 7) is 11.1. The lowest BCUT2D eigenvalue weighted by atomic mass is 9.92. The van der Waals surface area contributed by atoms with Gasteiger partial charge in [-0.05, 0) is 65.2 Å². The van der Waals surface area contributed by atoms with E-state index in [9.17, 15) is 4.79 Å². The SMILES string of the molecule is CCCCC/C=C\C(C)/C=C\CC=CCC=CCCCOC(=O)C1(C)COC(C)(C)OC1. The number of esters is 1. The lowest BCUT2D eigenvalue weighted by molar-refractivity contribution is -0.281. The Labute approximate surface area is 196 Å². The van der Waals surface area contributed by atoms with E-state index >= 15 is 0 Å². The van der Waals surface area contributed by atoms with Crippen molar-refractivity contribution in [3.8, 4) is 0 Å². The van der Waals surface area contributed by atoms with Crippen molar-refractivity contribution < 1.29 is 19.0 Å². The van der Waals surface area contributed by atoms with Crippen LogP contribution in [-0.2, 0) is 19.0 Å². The molecule has 32 heavy (non-hydrogen) atoms. The normalized spacial score (nSPS) is 19.4. The van der Waals surface area contributed by atoms with Crippen molar-refractivity contribution >= 4 is 5.97 Å². The highest BCUT2D eigenvalue weighted by Crippen LogP contribution is 2.30. The Balaban J connectivity index is 2.05. The molecule has 0 saturated carbocycles. The summed E-state index contributed by atoms with van der Waals surface area (Å²) in [4.78, 5) is 12.3. The molecule has 1 aliphatic heterocycles. The third-order valence-corrected chi connectivity index (χ3v) is 5.45. The molecule has 1 atom stereocenters. The molecule has 1 saturated heterocycles. The quantitative estimate of drug-likeness (QED) is 0.150. The molecule has 0 aromatic heterocycles. The number of ether oxygens (including phenoxy) is 3. The number of hydrogen-bond donors (Lipinski definition) is 0. The molecule has 0 aliphatic carbocycles. The van der Waals surface area contributed by atoms with Gasteiger partial charge in [-0.3, -0.25) is 4.79 Å². The maximum atomic E-state index is 12.3. The second kappa shape index (κ2) is 16.0. The van der Waals surface area contributed by atoms with E-state index in [-0.39, 0.29) is 5.97 Å². The maximum Gasteiger partial charge on any atom is 0.316 e. The summed E-state index contributed by atoms with van der Waals surface area (Å²) >= 11 is 0. The Morgan fingerprint density at radius 1 is 0.875 bits per heavy atom. The van der Waals surface area contributed by atoms with Gasteiger partial charge in [-0.25, -0.2) is 0 Å². The summed E-state index contributed by atoms with van der Waals surface area (Å²) < 4.78 is 16.6. The zero-order valence-electron chi connectivity index (χ0n) is 21.1. The lowest BCUT2D eigenvalue weighted by Gasteiger charge is -2.39. The van der Waals surface area contributed by atoms with E-state index in [0.29, 0.717) is 25.7 Å². The van der Waals surface area contributed by atoms with Gasteiger partial charge in [0.25, 0.3) is 0 Å². The van der Waals surface area contributed by atoms with Gasteiger partial charge in [-0.2, -0.15) is 0 Å². The first-order valence-electron chi connectivity index (χ1n) is 12.4. The van der Waals surface area contributed by atoms with Crippen LogP contribution in [0.4, 0.5) is 0 Å². The third kappa shape index (κ3) is 13.0. The molecule has 1 unspecified atom stereocenters. The van der Waals surface area contributed by atoms with E-state index in [0.717, 1.165) is 25.7 Å². The molecular weight excluding hydrogens is 400 g/mol. The Morgan fingerprint density at radius 2 is 1.47 bits per heavy atom. The summed E-state index contributed by atoms with van der Waals surface area (Å²) in [5.41, 5.74) is -0.715. The summed E-state index contributed by atoms with van der Waals surface area (Å²) in [7, 11) is 0. The fourth-order valence-electron chi connectivity index (χ4n) is 3.15. The second-order valence-electron chi connectivity index (χ2n) is 9.44. The molecule has 0 amide bonds. The average Bonchev–Trinajstić information content (AvgIpc) is 2.76. The van der Waals surface area contributed by atoms with Crippen molar-refractivity contribution in [2.75, 3.05) is 19.8 Å². The van der Waals surface area contributed by atoms with Gasteiger partial charge in [0.05, 0.1) is 19.8 Å². The summed E-state index contributed by atoms with van der Waals surface area (Å²) in [6.07, 6.45) is 26.6. The van der Waals surface area contributed by atoms with Crippen LogP contribution in [0.15, 0.2) is 48.6 Å². The summed E-state index contributed by atoms with van der Waals surface area (Å²) in [6, 6.07) is 0. The summed E-state index contributed by atoms with van der Waals surface area (Å²) in [5.74, 6) is -0.362. The fourth-order valence-corrected chi connectivity index (χ4v) is 3.15. The maximum absolute atomic E-state index is 12.3. The Bertz CT molecular complexity index is 617. The van der Waals surface area contributed by atoms with Gasteiger partial charge in [0, 0.05) is 0 Å². The third-order valence-electron chi connectivity index (χ3n) is 5.45. The monoisotopic (exact) mass is 446 g/mol. The first-order valence-corrected chi connectivity index (χ1v) is 12.4. The molecule has 1 fully saturated rings. The molecular formula is C28H46O4. The molecule has 0 N–H and O–H groups in total. The molecule has 0 aromatic rings. The number of rotatable bonds is 15. The molecule has 0 spiro atoms. The van der Waals surface area contributed by atoms with Gasteiger partial charge in [0.15, 0.2) is 5.79 Å². The van der Waals surface area contributed by atoms with Crippen LogP contribution in [0.5, 0.6) is 0 Å². The summed E-state index contributed by atoms with van der Waals surface area (Å²) in [5, 5.41) is 0. The smallest absolute Gasteiger partial charge is 0.316 e. The van der Waals surface area contributed by atoms with E-state index in [1.54, 1.807) is 0 Å². The first kappa shape index (κ1) is 28.4. The van der Waals surface area contributed by atoms with Crippen molar-refractivity contribution in [3.63, 3.8) is 0 Å². The van der Waals surface area contributed by atoms with Crippen LogP contribution in [0.2, 0.25) is 0 Å². The topological polar surface area (TPSA) is 44.8 Å². The van der Waals surface area contributed by atoms with Gasteiger partial charge in [-0.15, -0.1) is 0 Å². The first-order chi connectivity index (χ1) is 15.3. The number of hydrogen-bond acceptors (Lipinski definition) is 4. The zero-order chi connectivity index (χ0) is 23.7. The Kier molecular flexibility index (Phi) is 14.2. The molecule has 4 nitrogen and oxygen atoms in total. The standard InChI is InChI=1S/C28H46O4/c1-6-7-8-14-17-20-25(2)21-18-15-12-10-9-11-13-16-19-22-30-26(29)28(5)23-31-27(3,4)32-24-28/h10-13,17-18,20-21,25H,6-9,14-16,19,22-24H2,1-5H3/b12-10?,13-11?,20-17-,21-18-. The van der Waals surface area contributed by atoms with Crippen molar-refractivity contribution in [3.05, 3.63) is 48.6 Å². The van der Waals surface area contributed by atoms with Crippen LogP contribution < -0.4 is 0 Å². The predicted molar refractivity (Wildman–Crippen MR) is 133 cm³/mol. The molecule has 1 aliphatic rings. The number of allylic oxidation sites excluding steroid dienone is 8. The van der Waals surface area contributed by atoms with Gasteiger partial charge in [-0.1, -0.05) is 75.3 Å². The van der Waals surface area contributed by atoms with Gasteiger partial charge in [0.2, 0.25) is 0 Å². The average molecular weight is 447 g/mol. The highest BCUT2D eigenvalue weighted by atomic mass is 16.7. The lowest BCUT2D eigenvalue weighted by Crippen LogP contribution is -2.49. The number of carbonyl (C=O) groups is 1. The van der Waals surface area contributed by atoms with Gasteiger partial charge < -0.3 is 14.2 Å². The van der Waals surface area contributed by atoms with Crippen LogP contribution in [0.25, 0.3) is 0 Å². The minimum Gasteiger partial charge on any atom is -0.465 e. The minimum absolute atomic E-state index is 0.241. The van der Waals surface area contributed by atoms with Crippen LogP contribution in [0, 0.1) is 11.3 Å². The van der Waals surface area contributed by atoms with E-state index in [4.69, 9.17) is 14.2 Å². The van der Waals surface area contributed by atoms with E-state index in [2.05, 4.69) is 62.5 Å². The largest absolute Gasteiger partial charge is 0.465 e. The van der Waals surface area contributed by atoms with Crippen LogP contribution >= 0.6 is 0 Å². The molecule has 0 aromatic carbocycles. The highest BCUT2D eigenvalue weighted by Gasteiger charge is 2.43. The highest BCUT2D eigenvalue weighted by molar-refractivity contribution is 5.76. The second-order valence-corrected chi connectivity index (χ2v) is 9.44. The van der Waals surface area contributed by atoms with Gasteiger partial charge >= 0.3 is 5.97 Å². The predicted octanol–water partition coefficient (Wildman–Crippen LogP) is 7.32. The number of unbranched alkanes of at least 4 members (excludes halogenated alkanes) is 4. The van der Waals surface area contributed by atoms with Crippen LogP contribution in [0.3, 0.4) is 0 Å². The zero-order valence-corrected chi connectivity index (χ0v) is 21.1. The molecule has 1 rings (SSSR count). The fraction of sp³-hybridized carbons (Fsp3) is 0.679. The van der Waals surface area contributed by atoms with E-state index in [1.165, 1.54) is 25.7 Å². The van der Waals surface area contributed by atoms with Crippen molar-refractivity contribution in [1.82, 2.24) is 0 Å². The van der Waals surface area contributed by atoms with E-state index in [1.807, 2.05) is 20.8 Å². The molecule has 1 heterocycles. The molecule has 182 valence electrons. The Hall–Kier alpha value is -1.65. The van der Waals surface area contributed by atoms with Crippen LogP contribution in [0.1, 0.15) is 86.0 Å². The number of carbonyl (C=O) groups excluding carboxylic acids is 1. The Morgan fingerprint density at radius 3 is 2.16 bits per heavy atom. The molecule has 0 radical (unpaired) electrons. The molecule has 4 heteroatoms. The van der Waals surface area contributed by atoms with Crippen molar-refractivity contribution in [2.24, 2.45) is 11.3 Å². The molecule has 0 bridgehead atoms. The minimum atomic E-state index is -0.715. The van der Waals surface area contributed by atoms with E-state index < -0.39 is 11.2 Å².